The number of aryl methyl sites for hydroxylation is 2. The highest BCUT2D eigenvalue weighted by atomic mass is 32.1. The highest BCUT2D eigenvalue weighted by molar-refractivity contribution is 7.17. The van der Waals surface area contributed by atoms with Crippen molar-refractivity contribution in [3.63, 3.8) is 0 Å². The molecule has 2 aromatic heterocycles. The molecule has 8 heteroatoms. The van der Waals surface area contributed by atoms with Crippen LogP contribution >= 0.6 is 11.3 Å². The molecule has 2 heterocycles. The molecule has 0 saturated carbocycles. The summed E-state index contributed by atoms with van der Waals surface area (Å²) in [5.74, 6) is -1.10. The zero-order valence-electron chi connectivity index (χ0n) is 17.0. The van der Waals surface area contributed by atoms with Gasteiger partial charge in [-0.2, -0.15) is 0 Å². The number of anilines is 2. The Labute approximate surface area is 183 Å². The van der Waals surface area contributed by atoms with Gasteiger partial charge in [-0.25, -0.2) is 0 Å². The second-order valence-electron chi connectivity index (χ2n) is 7.46. The molecule has 0 radical (unpaired) electrons. The topological polar surface area (TPSA) is 114 Å². The van der Waals surface area contributed by atoms with E-state index in [1.54, 1.807) is 43.5 Å². The van der Waals surface area contributed by atoms with Crippen LogP contribution in [0.5, 0.6) is 0 Å². The lowest BCUT2D eigenvalue weighted by atomic mass is 9.95. The minimum absolute atomic E-state index is 0.285. The van der Waals surface area contributed by atoms with Crippen molar-refractivity contribution in [1.29, 1.82) is 0 Å². The molecule has 158 valence electrons. The summed E-state index contributed by atoms with van der Waals surface area (Å²) in [7, 11) is 0. The van der Waals surface area contributed by atoms with Crippen LogP contribution in [0.1, 0.15) is 59.9 Å². The molecule has 7 nitrogen and oxygen atoms in total. The van der Waals surface area contributed by atoms with Crippen molar-refractivity contribution in [2.45, 2.75) is 32.6 Å². The fourth-order valence-electron chi connectivity index (χ4n) is 3.78. The lowest BCUT2D eigenvalue weighted by Crippen LogP contribution is -2.19. The molecule has 0 bridgehead atoms. The molecule has 3 aromatic rings. The van der Waals surface area contributed by atoms with Crippen molar-refractivity contribution >= 4 is 39.7 Å². The Hall–Kier alpha value is -3.52. The minimum Gasteiger partial charge on any atom is -0.366 e. The van der Waals surface area contributed by atoms with E-state index in [2.05, 4.69) is 15.6 Å². The van der Waals surface area contributed by atoms with Crippen LogP contribution < -0.4 is 16.4 Å². The van der Waals surface area contributed by atoms with E-state index in [0.717, 1.165) is 36.1 Å². The third-order valence-corrected chi connectivity index (χ3v) is 6.51. The Morgan fingerprint density at radius 2 is 1.87 bits per heavy atom. The number of aromatic nitrogens is 1. The van der Waals surface area contributed by atoms with Crippen molar-refractivity contribution in [2.24, 2.45) is 5.73 Å². The number of pyridine rings is 1. The maximum absolute atomic E-state index is 13.3. The molecule has 0 spiro atoms. The van der Waals surface area contributed by atoms with E-state index in [4.69, 9.17) is 5.73 Å². The van der Waals surface area contributed by atoms with Crippen LogP contribution in [-0.4, -0.2) is 22.7 Å². The standard InChI is InChI=1S/C23H22N4O3S/c1-13-11-15(8-9-16(13)20(24)28)26-22(30)19-17-6-2-3-7-18(17)31-23(19)27-21(29)14-5-4-10-25-12-14/h4-5,8-12H,2-3,6-7H2,1H3,(H2,24,28)(H,26,30)(H,27,29). The summed E-state index contributed by atoms with van der Waals surface area (Å²) in [4.78, 5) is 42.5. The van der Waals surface area contributed by atoms with Crippen molar-refractivity contribution in [2.75, 3.05) is 10.6 Å². The number of benzene rings is 1. The van der Waals surface area contributed by atoms with Gasteiger partial charge in [-0.15, -0.1) is 11.3 Å². The lowest BCUT2D eigenvalue weighted by molar-refractivity contribution is 0.0995. The largest absolute Gasteiger partial charge is 0.366 e. The van der Waals surface area contributed by atoms with Gasteiger partial charge in [0.25, 0.3) is 11.8 Å². The van der Waals surface area contributed by atoms with Crippen molar-refractivity contribution in [3.8, 4) is 0 Å². The predicted molar refractivity (Wildman–Crippen MR) is 121 cm³/mol. The normalized spacial score (nSPS) is 12.7. The summed E-state index contributed by atoms with van der Waals surface area (Å²) < 4.78 is 0. The Balaban J connectivity index is 1.64. The zero-order chi connectivity index (χ0) is 22.0. The summed E-state index contributed by atoms with van der Waals surface area (Å²) in [5, 5.41) is 6.36. The molecular weight excluding hydrogens is 412 g/mol. The van der Waals surface area contributed by atoms with E-state index in [-0.39, 0.29) is 11.8 Å². The number of rotatable bonds is 5. The van der Waals surface area contributed by atoms with E-state index in [0.29, 0.717) is 32.9 Å². The van der Waals surface area contributed by atoms with Crippen LogP contribution in [0.25, 0.3) is 0 Å². The summed E-state index contributed by atoms with van der Waals surface area (Å²) >= 11 is 1.46. The maximum Gasteiger partial charge on any atom is 0.258 e. The Morgan fingerprint density at radius 3 is 2.58 bits per heavy atom. The van der Waals surface area contributed by atoms with Gasteiger partial charge < -0.3 is 16.4 Å². The summed E-state index contributed by atoms with van der Waals surface area (Å²) in [6.07, 6.45) is 6.87. The van der Waals surface area contributed by atoms with E-state index in [9.17, 15) is 14.4 Å². The number of nitrogens with two attached hydrogens (primary N) is 1. The van der Waals surface area contributed by atoms with Gasteiger partial charge in [0.05, 0.1) is 11.1 Å². The highest BCUT2D eigenvalue weighted by Crippen LogP contribution is 2.38. The highest BCUT2D eigenvalue weighted by Gasteiger charge is 2.27. The maximum atomic E-state index is 13.3. The van der Waals surface area contributed by atoms with Crippen LogP contribution in [0.4, 0.5) is 10.7 Å². The van der Waals surface area contributed by atoms with Crippen LogP contribution in [0, 0.1) is 6.92 Å². The zero-order valence-corrected chi connectivity index (χ0v) is 17.8. The monoisotopic (exact) mass is 434 g/mol. The van der Waals surface area contributed by atoms with E-state index in [1.807, 2.05) is 0 Å². The molecule has 1 aliphatic rings. The third kappa shape index (κ3) is 4.34. The first-order valence-corrected chi connectivity index (χ1v) is 10.8. The Morgan fingerprint density at radius 1 is 1.06 bits per heavy atom. The quantitative estimate of drug-likeness (QED) is 0.564. The molecule has 0 saturated heterocycles. The number of carbonyl (C=O) groups is 3. The Bertz CT molecular complexity index is 1170. The van der Waals surface area contributed by atoms with Gasteiger partial charge in [-0.05, 0) is 74.1 Å². The van der Waals surface area contributed by atoms with Gasteiger partial charge >= 0.3 is 0 Å². The summed E-state index contributed by atoms with van der Waals surface area (Å²) in [6.45, 7) is 1.77. The number of hydrogen-bond acceptors (Lipinski definition) is 5. The van der Waals surface area contributed by atoms with E-state index < -0.39 is 5.91 Å². The second-order valence-corrected chi connectivity index (χ2v) is 8.56. The number of thiophene rings is 1. The molecule has 1 aromatic carbocycles. The first-order valence-electron chi connectivity index (χ1n) is 10.0. The SMILES string of the molecule is Cc1cc(NC(=O)c2c(NC(=O)c3cccnc3)sc3c2CCCC3)ccc1C(N)=O. The molecular formula is C23H22N4O3S. The van der Waals surface area contributed by atoms with Gasteiger partial charge in [0.15, 0.2) is 0 Å². The number of hydrogen-bond donors (Lipinski definition) is 3. The molecule has 31 heavy (non-hydrogen) atoms. The minimum atomic E-state index is -0.511. The number of nitrogens with one attached hydrogen (secondary N) is 2. The number of primary amides is 1. The van der Waals surface area contributed by atoms with Crippen LogP contribution in [0.2, 0.25) is 0 Å². The summed E-state index contributed by atoms with van der Waals surface area (Å²) in [5.41, 5.74) is 8.96. The number of amides is 3. The van der Waals surface area contributed by atoms with Gasteiger partial charge in [-0.3, -0.25) is 19.4 Å². The molecule has 3 amide bonds. The van der Waals surface area contributed by atoms with Crippen molar-refractivity contribution in [1.82, 2.24) is 4.98 Å². The molecule has 0 atom stereocenters. The number of fused-ring (bicyclic) bond motifs is 1. The fourth-order valence-corrected chi connectivity index (χ4v) is 5.06. The number of carbonyl (C=O) groups excluding carboxylic acids is 3. The van der Waals surface area contributed by atoms with Gasteiger partial charge in [0.1, 0.15) is 5.00 Å². The first-order chi connectivity index (χ1) is 14.9. The Kier molecular flexibility index (Phi) is 5.81. The molecule has 0 fully saturated rings. The average Bonchev–Trinajstić information content (AvgIpc) is 3.12. The van der Waals surface area contributed by atoms with Crippen LogP contribution in [0.15, 0.2) is 42.7 Å². The van der Waals surface area contributed by atoms with Crippen LogP contribution in [-0.2, 0) is 12.8 Å². The second kappa shape index (κ2) is 8.69. The molecule has 0 aliphatic heterocycles. The van der Waals surface area contributed by atoms with E-state index >= 15 is 0 Å². The van der Waals surface area contributed by atoms with Gasteiger partial charge in [0.2, 0.25) is 5.91 Å². The first kappa shape index (κ1) is 20.7. The molecule has 4 N–H and O–H groups in total. The predicted octanol–water partition coefficient (Wildman–Crippen LogP) is 3.93. The van der Waals surface area contributed by atoms with E-state index in [1.165, 1.54) is 17.5 Å². The smallest absolute Gasteiger partial charge is 0.258 e. The summed E-state index contributed by atoms with van der Waals surface area (Å²) in [6, 6.07) is 8.34. The average molecular weight is 435 g/mol. The molecule has 1 aliphatic carbocycles. The van der Waals surface area contributed by atoms with Gasteiger partial charge in [-0.1, -0.05) is 0 Å². The lowest BCUT2D eigenvalue weighted by Gasteiger charge is -2.14. The molecule has 4 rings (SSSR count). The number of nitrogens with zero attached hydrogens (tertiary/aromatic N) is 1. The van der Waals surface area contributed by atoms with Crippen LogP contribution in [0.3, 0.4) is 0 Å². The van der Waals surface area contributed by atoms with Crippen molar-refractivity contribution < 1.29 is 14.4 Å². The van der Waals surface area contributed by atoms with Crippen molar-refractivity contribution in [3.05, 3.63) is 75.4 Å². The molecule has 0 unspecified atom stereocenters. The van der Waals surface area contributed by atoms with Gasteiger partial charge in [0, 0.05) is 28.5 Å². The third-order valence-electron chi connectivity index (χ3n) is 5.30. The fraction of sp³-hybridized carbons (Fsp3) is 0.217.